The number of nitrogens with zero attached hydrogens (tertiary/aromatic N) is 1. The van der Waals surface area contributed by atoms with E-state index in [2.05, 4.69) is 5.32 Å². The molecule has 0 heterocycles. The Morgan fingerprint density at radius 3 is 2.36 bits per heavy atom. The fourth-order valence-corrected chi connectivity index (χ4v) is 3.53. The smallest absolute Gasteiger partial charge is 0.245 e. The lowest BCUT2D eigenvalue weighted by Crippen LogP contribution is -2.37. The minimum absolute atomic E-state index is 0.00737. The van der Waals surface area contributed by atoms with Crippen molar-refractivity contribution < 1.29 is 17.6 Å². The van der Waals surface area contributed by atoms with Crippen LogP contribution in [0.5, 0.6) is 0 Å². The Hall–Kier alpha value is -1.54. The third-order valence-corrected chi connectivity index (χ3v) is 5.21. The summed E-state index contributed by atoms with van der Waals surface area (Å²) in [5.74, 6) is -1.22. The van der Waals surface area contributed by atoms with Gasteiger partial charge in [-0.25, -0.2) is 12.8 Å². The Morgan fingerprint density at radius 2 is 1.76 bits per heavy atom. The van der Waals surface area contributed by atoms with Gasteiger partial charge in [-0.15, -0.1) is 0 Å². The van der Waals surface area contributed by atoms with Crippen molar-refractivity contribution in [1.29, 1.82) is 0 Å². The maximum atomic E-state index is 13.2. The van der Waals surface area contributed by atoms with Gasteiger partial charge >= 0.3 is 0 Å². The molecular weight excluding hydrogens is 414 g/mol. The van der Waals surface area contributed by atoms with E-state index in [1.807, 2.05) is 0 Å². The quantitative estimate of drug-likeness (QED) is 0.730. The van der Waals surface area contributed by atoms with Crippen molar-refractivity contribution in [3.63, 3.8) is 0 Å². The lowest BCUT2D eigenvalue weighted by molar-refractivity contribution is -0.114. The molecule has 2 rings (SSSR count). The van der Waals surface area contributed by atoms with Crippen LogP contribution in [0.15, 0.2) is 36.4 Å². The molecular formula is C15H12Cl3FN2O3S. The van der Waals surface area contributed by atoms with Crippen molar-refractivity contribution in [1.82, 2.24) is 0 Å². The van der Waals surface area contributed by atoms with E-state index in [9.17, 15) is 17.6 Å². The van der Waals surface area contributed by atoms with Gasteiger partial charge < -0.3 is 5.32 Å². The molecule has 0 saturated heterocycles. The molecule has 10 heteroatoms. The fourth-order valence-electron chi connectivity index (χ4n) is 1.98. The number of carbonyl (C=O) groups excluding carboxylic acids is 1. The number of hydrogen-bond acceptors (Lipinski definition) is 3. The summed E-state index contributed by atoms with van der Waals surface area (Å²) in [6.07, 6.45) is 0.918. The zero-order valence-corrected chi connectivity index (χ0v) is 15.8. The molecule has 0 aliphatic carbocycles. The van der Waals surface area contributed by atoms with Gasteiger partial charge in [0, 0.05) is 5.69 Å². The molecule has 0 atom stereocenters. The molecule has 0 bridgehead atoms. The number of sulfonamides is 1. The van der Waals surface area contributed by atoms with Gasteiger partial charge in [-0.05, 0) is 30.3 Å². The van der Waals surface area contributed by atoms with Gasteiger partial charge in [0.2, 0.25) is 15.9 Å². The Labute approximate surface area is 159 Å². The van der Waals surface area contributed by atoms with Crippen LogP contribution in [0.4, 0.5) is 15.8 Å². The molecule has 1 N–H and O–H groups in total. The molecule has 1 amide bonds. The Kier molecular flexibility index (Phi) is 6.16. The standard InChI is InChI=1S/C15H12Cl3FN2O3S/c1-25(23,24)21(14-7-12(17)11(16)6-13(14)18)8-15(22)20-10-4-2-3-9(19)5-10/h2-7H,8H2,1H3,(H,20,22). The molecule has 0 fully saturated rings. The van der Waals surface area contributed by atoms with Crippen LogP contribution < -0.4 is 9.62 Å². The highest BCUT2D eigenvalue weighted by molar-refractivity contribution is 7.92. The van der Waals surface area contributed by atoms with Gasteiger partial charge in [0.25, 0.3) is 0 Å². The summed E-state index contributed by atoms with van der Waals surface area (Å²) in [5.41, 5.74) is 0.201. The van der Waals surface area contributed by atoms with Gasteiger partial charge in [0.05, 0.1) is 27.0 Å². The Morgan fingerprint density at radius 1 is 1.12 bits per heavy atom. The minimum Gasteiger partial charge on any atom is -0.324 e. The summed E-state index contributed by atoms with van der Waals surface area (Å²) < 4.78 is 38.1. The molecule has 5 nitrogen and oxygen atoms in total. The van der Waals surface area contributed by atoms with E-state index >= 15 is 0 Å². The van der Waals surface area contributed by atoms with Gasteiger partial charge in [-0.1, -0.05) is 40.9 Å². The molecule has 2 aromatic rings. The van der Waals surface area contributed by atoms with E-state index in [1.165, 1.54) is 30.3 Å². The van der Waals surface area contributed by atoms with Crippen molar-refractivity contribution in [2.24, 2.45) is 0 Å². The van der Waals surface area contributed by atoms with Gasteiger partial charge in [-0.3, -0.25) is 9.10 Å². The zero-order chi connectivity index (χ0) is 18.8. The fraction of sp³-hybridized carbons (Fsp3) is 0.133. The number of rotatable bonds is 5. The average molecular weight is 426 g/mol. The van der Waals surface area contributed by atoms with Crippen molar-refractivity contribution in [3.8, 4) is 0 Å². The number of nitrogens with one attached hydrogen (secondary N) is 1. The van der Waals surface area contributed by atoms with Gasteiger partial charge in [-0.2, -0.15) is 0 Å². The van der Waals surface area contributed by atoms with Crippen molar-refractivity contribution in [2.45, 2.75) is 0 Å². The highest BCUT2D eigenvalue weighted by atomic mass is 35.5. The largest absolute Gasteiger partial charge is 0.324 e. The van der Waals surface area contributed by atoms with E-state index in [0.717, 1.165) is 16.6 Å². The molecule has 0 unspecified atom stereocenters. The number of anilines is 2. The average Bonchev–Trinajstić information content (AvgIpc) is 2.48. The SMILES string of the molecule is CS(=O)(=O)N(CC(=O)Nc1cccc(F)c1)c1cc(Cl)c(Cl)cc1Cl. The van der Waals surface area contributed by atoms with Crippen LogP contribution in [0.1, 0.15) is 0 Å². The van der Waals surface area contributed by atoms with E-state index in [4.69, 9.17) is 34.8 Å². The summed E-state index contributed by atoms with van der Waals surface area (Å²) in [6, 6.07) is 7.74. The van der Waals surface area contributed by atoms with Crippen LogP contribution in [-0.4, -0.2) is 27.1 Å². The number of carbonyl (C=O) groups is 1. The molecule has 0 aromatic heterocycles. The summed E-state index contributed by atoms with van der Waals surface area (Å²) in [6.45, 7) is -0.576. The topological polar surface area (TPSA) is 66.5 Å². The van der Waals surface area contributed by atoms with Gasteiger partial charge in [0.1, 0.15) is 12.4 Å². The first-order chi connectivity index (χ1) is 11.6. The molecule has 0 radical (unpaired) electrons. The zero-order valence-electron chi connectivity index (χ0n) is 12.8. The highest BCUT2D eigenvalue weighted by Crippen LogP contribution is 2.35. The Bertz CT molecular complexity index is 922. The number of halogens is 4. The summed E-state index contributed by atoms with van der Waals surface area (Å²) in [5, 5.41) is 2.66. The van der Waals surface area contributed by atoms with Crippen molar-refractivity contribution in [3.05, 3.63) is 57.3 Å². The van der Waals surface area contributed by atoms with Crippen LogP contribution in [0.3, 0.4) is 0 Å². The summed E-state index contributed by atoms with van der Waals surface area (Å²) in [7, 11) is -3.85. The molecule has 0 aliphatic heterocycles. The predicted octanol–water partition coefficient (Wildman–Crippen LogP) is 4.19. The maximum Gasteiger partial charge on any atom is 0.245 e. The molecule has 134 valence electrons. The normalized spacial score (nSPS) is 11.2. The highest BCUT2D eigenvalue weighted by Gasteiger charge is 2.24. The Balaban J connectivity index is 2.30. The first kappa shape index (κ1) is 19.8. The van der Waals surface area contributed by atoms with Crippen LogP contribution in [-0.2, 0) is 14.8 Å². The molecule has 25 heavy (non-hydrogen) atoms. The molecule has 0 spiro atoms. The van der Waals surface area contributed by atoms with Crippen LogP contribution in [0, 0.1) is 5.82 Å². The lowest BCUT2D eigenvalue weighted by atomic mass is 10.3. The summed E-state index contributed by atoms with van der Waals surface area (Å²) in [4.78, 5) is 12.2. The van der Waals surface area contributed by atoms with Crippen molar-refractivity contribution >= 4 is 62.1 Å². The van der Waals surface area contributed by atoms with Crippen molar-refractivity contribution in [2.75, 3.05) is 22.4 Å². The lowest BCUT2D eigenvalue weighted by Gasteiger charge is -2.23. The molecule has 0 aliphatic rings. The van der Waals surface area contributed by atoms with E-state index in [-0.39, 0.29) is 26.4 Å². The second-order valence-corrected chi connectivity index (χ2v) is 8.17. The maximum absolute atomic E-state index is 13.2. The third kappa shape index (κ3) is 5.22. The summed E-state index contributed by atoms with van der Waals surface area (Å²) >= 11 is 17.8. The number of benzene rings is 2. The van der Waals surface area contributed by atoms with Crippen LogP contribution in [0.25, 0.3) is 0 Å². The first-order valence-corrected chi connectivity index (χ1v) is 9.74. The second kappa shape index (κ2) is 7.78. The first-order valence-electron chi connectivity index (χ1n) is 6.75. The number of amides is 1. The molecule has 2 aromatic carbocycles. The van der Waals surface area contributed by atoms with Crippen LogP contribution >= 0.6 is 34.8 Å². The van der Waals surface area contributed by atoms with E-state index in [0.29, 0.717) is 0 Å². The second-order valence-electron chi connectivity index (χ2n) is 5.05. The van der Waals surface area contributed by atoms with Gasteiger partial charge in [0.15, 0.2) is 0 Å². The van der Waals surface area contributed by atoms with E-state index in [1.54, 1.807) is 0 Å². The molecule has 0 saturated carbocycles. The predicted molar refractivity (Wildman–Crippen MR) is 98.7 cm³/mol. The van der Waals surface area contributed by atoms with Crippen LogP contribution in [0.2, 0.25) is 15.1 Å². The monoisotopic (exact) mass is 424 g/mol. The third-order valence-electron chi connectivity index (χ3n) is 3.05. The number of hydrogen-bond donors (Lipinski definition) is 1. The van der Waals surface area contributed by atoms with E-state index < -0.39 is 28.3 Å². The minimum atomic E-state index is -3.85.